The summed E-state index contributed by atoms with van der Waals surface area (Å²) in [4.78, 5) is 0. The van der Waals surface area contributed by atoms with Crippen molar-refractivity contribution in [2.24, 2.45) is 0 Å². The van der Waals surface area contributed by atoms with Crippen LogP contribution in [-0.4, -0.2) is 10.2 Å². The van der Waals surface area contributed by atoms with Crippen molar-refractivity contribution in [1.29, 1.82) is 5.26 Å². The second-order valence-electron chi connectivity index (χ2n) is 4.66. The van der Waals surface area contributed by atoms with E-state index in [1.54, 1.807) is 0 Å². The van der Waals surface area contributed by atoms with Crippen molar-refractivity contribution in [3.63, 3.8) is 0 Å². The van der Waals surface area contributed by atoms with Crippen molar-refractivity contribution in [2.75, 3.05) is 5.32 Å². The highest BCUT2D eigenvalue weighted by atomic mass is 15.2. The average Bonchev–Trinajstić information content (AvgIpc) is 2.46. The number of anilines is 2. The molecule has 0 amide bonds. The van der Waals surface area contributed by atoms with Crippen LogP contribution in [0.2, 0.25) is 0 Å². The van der Waals surface area contributed by atoms with Crippen LogP contribution in [0.15, 0.2) is 24.3 Å². The number of nitrogens with one attached hydrogen (secondary N) is 1. The maximum atomic E-state index is 9.43. The lowest BCUT2D eigenvalue weighted by Crippen LogP contribution is -2.07. The van der Waals surface area contributed by atoms with E-state index in [1.807, 2.05) is 45.0 Å². The summed E-state index contributed by atoms with van der Waals surface area (Å²) in [5.41, 5.74) is 4.56. The number of hydrogen-bond donors (Lipinski definition) is 1. The highest BCUT2D eigenvalue weighted by molar-refractivity contribution is 5.65. The minimum atomic E-state index is 0.534. The first kappa shape index (κ1) is 14.0. The molecule has 4 nitrogen and oxygen atoms in total. The summed E-state index contributed by atoms with van der Waals surface area (Å²) in [6.45, 7) is 6.09. The number of nitriles is 1. The molecule has 0 bridgehead atoms. The molecule has 0 radical (unpaired) electrons. The zero-order valence-electron chi connectivity index (χ0n) is 12.1. The van der Waals surface area contributed by atoms with Crippen LogP contribution < -0.4 is 5.32 Å². The quantitative estimate of drug-likeness (QED) is 0.919. The van der Waals surface area contributed by atoms with E-state index in [2.05, 4.69) is 21.6 Å². The minimum Gasteiger partial charge on any atom is -0.338 e. The van der Waals surface area contributed by atoms with E-state index in [9.17, 15) is 5.26 Å². The number of aryl methyl sites for hydroxylation is 2. The molecule has 1 aromatic carbocycles. The molecular formula is C16H18N4. The molecule has 0 unspecified atom stereocenters. The van der Waals surface area contributed by atoms with Crippen LogP contribution >= 0.6 is 0 Å². The maximum Gasteiger partial charge on any atom is 0.171 e. The SMILES string of the molecule is CCc1nnc(Nc2cccc(C)c2)c(C#N)c1CC. The van der Waals surface area contributed by atoms with Crippen LogP contribution in [0.5, 0.6) is 0 Å². The average molecular weight is 266 g/mol. The third-order valence-electron chi connectivity index (χ3n) is 3.24. The van der Waals surface area contributed by atoms with Gasteiger partial charge in [0.25, 0.3) is 0 Å². The molecule has 0 saturated carbocycles. The van der Waals surface area contributed by atoms with Crippen molar-refractivity contribution in [3.8, 4) is 6.07 Å². The Hall–Kier alpha value is -2.41. The molecule has 2 aromatic rings. The van der Waals surface area contributed by atoms with Crippen molar-refractivity contribution in [2.45, 2.75) is 33.6 Å². The first-order valence-electron chi connectivity index (χ1n) is 6.81. The zero-order valence-corrected chi connectivity index (χ0v) is 12.1. The summed E-state index contributed by atoms with van der Waals surface area (Å²) in [5, 5.41) is 21.0. The lowest BCUT2D eigenvalue weighted by Gasteiger charge is -2.12. The van der Waals surface area contributed by atoms with Gasteiger partial charge in [0.15, 0.2) is 5.82 Å². The Kier molecular flexibility index (Phi) is 4.31. The summed E-state index contributed by atoms with van der Waals surface area (Å²) in [7, 11) is 0. The van der Waals surface area contributed by atoms with E-state index >= 15 is 0 Å². The maximum absolute atomic E-state index is 9.43. The van der Waals surface area contributed by atoms with Crippen molar-refractivity contribution < 1.29 is 0 Å². The van der Waals surface area contributed by atoms with Crippen molar-refractivity contribution in [1.82, 2.24) is 10.2 Å². The molecule has 0 saturated heterocycles. The van der Waals surface area contributed by atoms with Crippen LogP contribution in [-0.2, 0) is 12.8 Å². The zero-order chi connectivity index (χ0) is 14.5. The van der Waals surface area contributed by atoms with Gasteiger partial charge in [-0.1, -0.05) is 26.0 Å². The predicted octanol–water partition coefficient (Wildman–Crippen LogP) is 3.53. The molecular weight excluding hydrogens is 248 g/mol. The number of hydrogen-bond acceptors (Lipinski definition) is 4. The summed E-state index contributed by atoms with van der Waals surface area (Å²) in [5.74, 6) is 0.534. The van der Waals surface area contributed by atoms with Crippen molar-refractivity contribution >= 4 is 11.5 Å². The molecule has 0 aliphatic heterocycles. The Balaban J connectivity index is 2.45. The molecule has 2 rings (SSSR count). The third kappa shape index (κ3) is 2.77. The van der Waals surface area contributed by atoms with Gasteiger partial charge >= 0.3 is 0 Å². The van der Waals surface area contributed by atoms with Crippen LogP contribution in [0.25, 0.3) is 0 Å². The lowest BCUT2D eigenvalue weighted by atomic mass is 10.0. The van der Waals surface area contributed by atoms with E-state index < -0.39 is 0 Å². The first-order valence-corrected chi connectivity index (χ1v) is 6.81. The topological polar surface area (TPSA) is 61.6 Å². The Morgan fingerprint density at radius 2 is 2.00 bits per heavy atom. The van der Waals surface area contributed by atoms with Crippen LogP contribution in [0.1, 0.15) is 36.2 Å². The van der Waals surface area contributed by atoms with Gasteiger partial charge in [0.05, 0.1) is 5.69 Å². The van der Waals surface area contributed by atoms with Crippen LogP contribution in [0, 0.1) is 18.3 Å². The van der Waals surface area contributed by atoms with Gasteiger partial charge in [0.2, 0.25) is 0 Å². The molecule has 0 spiro atoms. The second kappa shape index (κ2) is 6.16. The van der Waals surface area contributed by atoms with Gasteiger partial charge in [-0.05, 0) is 43.0 Å². The van der Waals surface area contributed by atoms with Gasteiger partial charge in [-0.25, -0.2) is 0 Å². The van der Waals surface area contributed by atoms with Crippen LogP contribution in [0.4, 0.5) is 11.5 Å². The monoisotopic (exact) mass is 266 g/mol. The Bertz CT molecular complexity index is 656. The van der Waals surface area contributed by atoms with E-state index in [4.69, 9.17) is 0 Å². The highest BCUT2D eigenvalue weighted by Gasteiger charge is 2.14. The molecule has 0 atom stereocenters. The van der Waals surface area contributed by atoms with Gasteiger partial charge in [-0.2, -0.15) is 10.4 Å². The van der Waals surface area contributed by atoms with E-state index in [0.717, 1.165) is 35.3 Å². The smallest absolute Gasteiger partial charge is 0.171 e. The molecule has 4 heteroatoms. The van der Waals surface area contributed by atoms with E-state index in [-0.39, 0.29) is 0 Å². The molecule has 0 fully saturated rings. The summed E-state index contributed by atoms with van der Waals surface area (Å²) >= 11 is 0. The first-order chi connectivity index (χ1) is 9.69. The largest absolute Gasteiger partial charge is 0.338 e. The highest BCUT2D eigenvalue weighted by Crippen LogP contribution is 2.23. The molecule has 0 aliphatic rings. The van der Waals surface area contributed by atoms with Gasteiger partial charge in [-0.15, -0.1) is 5.10 Å². The fraction of sp³-hybridized carbons (Fsp3) is 0.312. The standard InChI is InChI=1S/C16H18N4/c1-4-13-14(10-17)16(20-19-15(13)5-2)18-12-8-6-7-11(3)9-12/h6-9H,4-5H2,1-3H3,(H,18,20). The Morgan fingerprint density at radius 3 is 2.60 bits per heavy atom. The fourth-order valence-electron chi connectivity index (χ4n) is 2.24. The number of rotatable bonds is 4. The number of aromatic nitrogens is 2. The molecule has 1 aromatic heterocycles. The summed E-state index contributed by atoms with van der Waals surface area (Å²) in [6, 6.07) is 10.2. The second-order valence-corrected chi connectivity index (χ2v) is 4.66. The van der Waals surface area contributed by atoms with Crippen LogP contribution in [0.3, 0.4) is 0 Å². The van der Waals surface area contributed by atoms with Gasteiger partial charge < -0.3 is 5.32 Å². The predicted molar refractivity (Wildman–Crippen MR) is 80.0 cm³/mol. The molecule has 1 heterocycles. The van der Waals surface area contributed by atoms with Crippen molar-refractivity contribution in [3.05, 3.63) is 46.6 Å². The molecule has 1 N–H and O–H groups in total. The lowest BCUT2D eigenvalue weighted by molar-refractivity contribution is 0.877. The van der Waals surface area contributed by atoms with E-state index in [1.165, 1.54) is 0 Å². The molecule has 102 valence electrons. The van der Waals surface area contributed by atoms with Gasteiger partial charge in [0, 0.05) is 5.69 Å². The number of benzene rings is 1. The number of nitrogens with zero attached hydrogens (tertiary/aromatic N) is 3. The minimum absolute atomic E-state index is 0.534. The van der Waals surface area contributed by atoms with Gasteiger partial charge in [-0.3, -0.25) is 0 Å². The third-order valence-corrected chi connectivity index (χ3v) is 3.24. The fourth-order valence-corrected chi connectivity index (χ4v) is 2.24. The molecule has 0 aliphatic carbocycles. The summed E-state index contributed by atoms with van der Waals surface area (Å²) in [6.07, 6.45) is 1.57. The Morgan fingerprint density at radius 1 is 1.20 bits per heavy atom. The van der Waals surface area contributed by atoms with Gasteiger partial charge in [0.1, 0.15) is 11.6 Å². The van der Waals surface area contributed by atoms with E-state index in [0.29, 0.717) is 11.4 Å². The molecule has 20 heavy (non-hydrogen) atoms. The summed E-state index contributed by atoms with van der Waals surface area (Å²) < 4.78 is 0. The normalized spacial score (nSPS) is 10.1. The Labute approximate surface area is 119 Å².